The number of ketones is 2. The summed E-state index contributed by atoms with van der Waals surface area (Å²) in [5.41, 5.74) is 0.995. The summed E-state index contributed by atoms with van der Waals surface area (Å²) in [7, 11) is 1.56. The monoisotopic (exact) mass is 368 g/mol. The molecule has 0 aliphatic heterocycles. The molecule has 138 valence electrons. The average molecular weight is 369 g/mol. The van der Waals surface area contributed by atoms with Crippen LogP contribution >= 0.6 is 11.6 Å². The highest BCUT2D eigenvalue weighted by Gasteiger charge is 2.24. The van der Waals surface area contributed by atoms with Gasteiger partial charge in [0.25, 0.3) is 0 Å². The molecule has 0 bridgehead atoms. The minimum absolute atomic E-state index is 0.0254. The predicted octanol–water partition coefficient (Wildman–Crippen LogP) is 2.93. The van der Waals surface area contributed by atoms with Gasteiger partial charge in [0.05, 0.1) is 12.0 Å². The molecule has 0 amide bonds. The molecule has 0 heterocycles. The smallest absolute Gasteiger partial charge is 0.195 e. The highest BCUT2D eigenvalue weighted by atomic mass is 35.5. The van der Waals surface area contributed by atoms with Gasteiger partial charge in [0.2, 0.25) is 0 Å². The Morgan fingerprint density at radius 2 is 2.00 bits per heavy atom. The average Bonchev–Trinajstić information content (AvgIpc) is 2.55. The number of methoxy groups -OCH3 is 1. The van der Waals surface area contributed by atoms with E-state index in [0.717, 1.165) is 11.1 Å². The Kier molecular flexibility index (Phi) is 8.29. The molecule has 1 rings (SSSR count). The summed E-state index contributed by atoms with van der Waals surface area (Å²) in [5, 5.41) is 9.31. The topological polar surface area (TPSA) is 72.8 Å². The van der Waals surface area contributed by atoms with E-state index in [1.807, 2.05) is 20.8 Å². The van der Waals surface area contributed by atoms with E-state index in [0.29, 0.717) is 23.8 Å². The van der Waals surface area contributed by atoms with Crippen LogP contribution in [0, 0.1) is 12.3 Å². The SMILES string of the molecule is COCC(C)(C)C(=O)C=CCc1cc(OCC(=O)CO)c(C)cc1Cl. The zero-order valence-electron chi connectivity index (χ0n) is 15.1. The molecular weight excluding hydrogens is 344 g/mol. The van der Waals surface area contributed by atoms with E-state index in [9.17, 15) is 9.59 Å². The Morgan fingerprint density at radius 1 is 1.32 bits per heavy atom. The van der Waals surface area contributed by atoms with Crippen LogP contribution in [-0.2, 0) is 20.7 Å². The number of ether oxygens (including phenoxy) is 2. The zero-order chi connectivity index (χ0) is 19.0. The molecule has 1 N–H and O–H groups in total. The second-order valence-corrected chi connectivity index (χ2v) is 6.89. The number of Topliss-reactive ketones (excluding diaryl/α,β-unsaturated/α-hetero) is 1. The lowest BCUT2D eigenvalue weighted by atomic mass is 9.88. The summed E-state index contributed by atoms with van der Waals surface area (Å²) < 4.78 is 10.5. The number of allylic oxidation sites excluding steroid dienone is 2. The molecule has 0 unspecified atom stereocenters. The maximum Gasteiger partial charge on any atom is 0.195 e. The minimum atomic E-state index is -0.582. The van der Waals surface area contributed by atoms with Crippen molar-refractivity contribution in [3.63, 3.8) is 0 Å². The predicted molar refractivity (Wildman–Crippen MR) is 97.3 cm³/mol. The highest BCUT2D eigenvalue weighted by Crippen LogP contribution is 2.27. The molecule has 0 aliphatic carbocycles. The van der Waals surface area contributed by atoms with Crippen LogP contribution in [0.4, 0.5) is 0 Å². The first-order chi connectivity index (χ1) is 11.7. The largest absolute Gasteiger partial charge is 0.485 e. The highest BCUT2D eigenvalue weighted by molar-refractivity contribution is 6.31. The molecule has 0 aromatic heterocycles. The molecule has 0 atom stereocenters. The van der Waals surface area contributed by atoms with Gasteiger partial charge in [-0.25, -0.2) is 0 Å². The molecule has 6 heteroatoms. The summed E-state index contributed by atoms with van der Waals surface area (Å²) in [6, 6.07) is 3.50. The molecule has 0 saturated carbocycles. The summed E-state index contributed by atoms with van der Waals surface area (Å²) in [5.74, 6) is 0.102. The van der Waals surface area contributed by atoms with Crippen molar-refractivity contribution in [2.24, 2.45) is 5.41 Å². The number of rotatable bonds is 10. The number of aryl methyl sites for hydroxylation is 1. The first-order valence-corrected chi connectivity index (χ1v) is 8.33. The fourth-order valence-corrected chi connectivity index (χ4v) is 2.46. The van der Waals surface area contributed by atoms with Gasteiger partial charge >= 0.3 is 0 Å². The van der Waals surface area contributed by atoms with E-state index >= 15 is 0 Å². The standard InChI is InChI=1S/C19H25ClO5/c1-13-8-16(20)14(9-17(13)25-11-15(22)10-21)6-5-7-18(23)19(2,3)12-24-4/h5,7-9,21H,6,10-12H2,1-4H3. The number of carbonyl (C=O) groups excluding carboxylic acids is 2. The van der Waals surface area contributed by atoms with Crippen LogP contribution < -0.4 is 4.74 Å². The number of hydrogen-bond donors (Lipinski definition) is 1. The molecule has 25 heavy (non-hydrogen) atoms. The van der Waals surface area contributed by atoms with Crippen LogP contribution in [-0.4, -0.2) is 43.6 Å². The summed E-state index contributed by atoms with van der Waals surface area (Å²) >= 11 is 6.25. The van der Waals surface area contributed by atoms with E-state index < -0.39 is 17.8 Å². The second kappa shape index (κ2) is 9.70. The van der Waals surface area contributed by atoms with Crippen LogP contribution in [0.25, 0.3) is 0 Å². The maximum atomic E-state index is 12.2. The Labute approximate surface area is 153 Å². The first-order valence-electron chi connectivity index (χ1n) is 7.95. The molecule has 0 spiro atoms. The van der Waals surface area contributed by atoms with Gasteiger partial charge in [0.1, 0.15) is 19.0 Å². The number of carbonyl (C=O) groups is 2. The third-order valence-corrected chi connectivity index (χ3v) is 4.04. The van der Waals surface area contributed by atoms with Gasteiger partial charge in [-0.15, -0.1) is 0 Å². The molecule has 0 fully saturated rings. The lowest BCUT2D eigenvalue weighted by Gasteiger charge is -2.19. The number of benzene rings is 1. The van der Waals surface area contributed by atoms with Crippen molar-refractivity contribution in [2.75, 3.05) is 26.9 Å². The van der Waals surface area contributed by atoms with Crippen LogP contribution in [0.1, 0.15) is 25.0 Å². The Balaban J connectivity index is 2.83. The van der Waals surface area contributed by atoms with E-state index in [1.165, 1.54) is 6.08 Å². The molecule has 1 aromatic rings. The van der Waals surface area contributed by atoms with E-state index in [1.54, 1.807) is 25.3 Å². The van der Waals surface area contributed by atoms with Gasteiger partial charge in [-0.05, 0) is 42.7 Å². The van der Waals surface area contributed by atoms with Crippen LogP contribution in [0.3, 0.4) is 0 Å². The van der Waals surface area contributed by atoms with Gasteiger partial charge in [-0.2, -0.15) is 0 Å². The van der Waals surface area contributed by atoms with Gasteiger partial charge in [-0.3, -0.25) is 9.59 Å². The van der Waals surface area contributed by atoms with Crippen molar-refractivity contribution >= 4 is 23.2 Å². The fraction of sp³-hybridized carbons (Fsp3) is 0.474. The minimum Gasteiger partial charge on any atom is -0.485 e. The third-order valence-electron chi connectivity index (χ3n) is 3.69. The molecule has 5 nitrogen and oxygen atoms in total. The number of hydrogen-bond acceptors (Lipinski definition) is 5. The van der Waals surface area contributed by atoms with Crippen LogP contribution in [0.15, 0.2) is 24.3 Å². The van der Waals surface area contributed by atoms with Crippen molar-refractivity contribution in [3.05, 3.63) is 40.4 Å². The fourth-order valence-electron chi connectivity index (χ4n) is 2.16. The Hall–Kier alpha value is -1.69. The number of aliphatic hydroxyl groups excluding tert-OH is 1. The van der Waals surface area contributed by atoms with Gasteiger partial charge in [0, 0.05) is 12.1 Å². The van der Waals surface area contributed by atoms with Crippen molar-refractivity contribution in [2.45, 2.75) is 27.2 Å². The quantitative estimate of drug-likeness (QED) is 0.643. The summed E-state index contributed by atoms with van der Waals surface area (Å²) in [6.07, 6.45) is 3.74. The normalized spacial score (nSPS) is 11.8. The van der Waals surface area contributed by atoms with E-state index in [2.05, 4.69) is 0 Å². The molecule has 0 radical (unpaired) electrons. The first kappa shape index (κ1) is 21.4. The summed E-state index contributed by atoms with van der Waals surface area (Å²) in [6.45, 7) is 5.07. The Morgan fingerprint density at radius 3 is 2.60 bits per heavy atom. The maximum absolute atomic E-state index is 12.2. The van der Waals surface area contributed by atoms with Gasteiger partial charge in [-0.1, -0.05) is 31.5 Å². The zero-order valence-corrected chi connectivity index (χ0v) is 15.9. The van der Waals surface area contributed by atoms with Crippen molar-refractivity contribution < 1.29 is 24.2 Å². The third kappa shape index (κ3) is 6.61. The lowest BCUT2D eigenvalue weighted by molar-refractivity contribution is -0.125. The molecule has 0 aliphatic rings. The van der Waals surface area contributed by atoms with E-state index in [4.69, 9.17) is 26.2 Å². The van der Waals surface area contributed by atoms with Crippen LogP contribution in [0.2, 0.25) is 5.02 Å². The second-order valence-electron chi connectivity index (χ2n) is 6.48. The lowest BCUT2D eigenvalue weighted by Crippen LogP contribution is -2.27. The van der Waals surface area contributed by atoms with Crippen molar-refractivity contribution in [3.8, 4) is 5.75 Å². The van der Waals surface area contributed by atoms with E-state index in [-0.39, 0.29) is 12.4 Å². The molecule has 0 saturated heterocycles. The Bertz CT molecular complexity index is 649. The van der Waals surface area contributed by atoms with Gasteiger partial charge in [0.15, 0.2) is 11.6 Å². The van der Waals surface area contributed by atoms with Crippen molar-refractivity contribution in [1.82, 2.24) is 0 Å². The van der Waals surface area contributed by atoms with Crippen molar-refractivity contribution in [1.29, 1.82) is 0 Å². The molecule has 1 aromatic carbocycles. The molecular formula is C19H25ClO5. The number of aliphatic hydroxyl groups is 1. The van der Waals surface area contributed by atoms with Gasteiger partial charge < -0.3 is 14.6 Å². The summed E-state index contributed by atoms with van der Waals surface area (Å²) in [4.78, 5) is 23.4. The van der Waals surface area contributed by atoms with Crippen LogP contribution in [0.5, 0.6) is 5.75 Å². The number of halogens is 1.